The predicted molar refractivity (Wildman–Crippen MR) is 136 cm³/mol. The summed E-state index contributed by atoms with van der Waals surface area (Å²) in [7, 11) is 0. The smallest absolute Gasteiger partial charge is 0.310 e. The highest BCUT2D eigenvalue weighted by Crippen LogP contribution is 2.33. The number of anilines is 1. The molecule has 39 heavy (non-hydrogen) atoms. The molecule has 2 aromatic carbocycles. The van der Waals surface area contributed by atoms with Crippen molar-refractivity contribution in [1.82, 2.24) is 15.5 Å². The molecule has 4 atom stereocenters. The van der Waals surface area contributed by atoms with E-state index >= 15 is 0 Å². The molecular formula is C26H27ClF2N4O6. The molecule has 0 aromatic heterocycles. The summed E-state index contributed by atoms with van der Waals surface area (Å²) in [6.45, 7) is 0.404. The number of hydrogen-bond acceptors (Lipinski definition) is 7. The van der Waals surface area contributed by atoms with E-state index in [1.54, 1.807) is 24.3 Å². The van der Waals surface area contributed by atoms with E-state index in [4.69, 9.17) is 26.8 Å². The molecule has 2 aliphatic rings. The highest BCUT2D eigenvalue weighted by atomic mass is 35.5. The number of nitrogen functional groups attached to an aromatic ring is 1. The molecule has 2 aliphatic heterocycles. The van der Waals surface area contributed by atoms with Crippen molar-refractivity contribution in [2.75, 3.05) is 12.3 Å². The monoisotopic (exact) mass is 564 g/mol. The molecule has 3 amide bonds. The van der Waals surface area contributed by atoms with Gasteiger partial charge < -0.3 is 30.7 Å². The van der Waals surface area contributed by atoms with Crippen molar-refractivity contribution in [3.05, 3.63) is 64.7 Å². The van der Waals surface area contributed by atoms with Crippen LogP contribution in [0, 0.1) is 0 Å². The second-order valence-corrected chi connectivity index (χ2v) is 9.85. The van der Waals surface area contributed by atoms with Gasteiger partial charge in [-0.1, -0.05) is 41.9 Å². The van der Waals surface area contributed by atoms with Gasteiger partial charge in [-0.15, -0.1) is 0 Å². The van der Waals surface area contributed by atoms with E-state index in [0.717, 1.165) is 10.5 Å². The zero-order valence-corrected chi connectivity index (χ0v) is 21.6. The van der Waals surface area contributed by atoms with E-state index in [2.05, 4.69) is 10.6 Å². The van der Waals surface area contributed by atoms with Gasteiger partial charge in [0.15, 0.2) is 0 Å². The Hall–Kier alpha value is -3.77. The van der Waals surface area contributed by atoms with Crippen LogP contribution in [0.5, 0.6) is 0 Å². The van der Waals surface area contributed by atoms with Gasteiger partial charge in [-0.2, -0.15) is 0 Å². The third-order valence-electron chi connectivity index (χ3n) is 6.38. The second-order valence-electron chi connectivity index (χ2n) is 9.45. The van der Waals surface area contributed by atoms with Crippen LogP contribution < -0.4 is 16.4 Å². The molecule has 4 rings (SSSR count). The van der Waals surface area contributed by atoms with E-state index in [0.29, 0.717) is 0 Å². The Morgan fingerprint density at radius 3 is 2.64 bits per heavy atom. The fraction of sp³-hybridized carbons (Fsp3) is 0.385. The summed E-state index contributed by atoms with van der Waals surface area (Å²) in [5.41, 5.74) is 6.81. The molecule has 4 N–H and O–H groups in total. The molecule has 10 nitrogen and oxygen atoms in total. The number of halogens is 3. The van der Waals surface area contributed by atoms with Gasteiger partial charge >= 0.3 is 5.97 Å². The first kappa shape index (κ1) is 28.2. The minimum absolute atomic E-state index is 0.0910. The van der Waals surface area contributed by atoms with Crippen LogP contribution in [0.2, 0.25) is 5.02 Å². The number of esters is 1. The summed E-state index contributed by atoms with van der Waals surface area (Å²) in [6, 6.07) is 9.45. The van der Waals surface area contributed by atoms with Crippen molar-refractivity contribution in [2.24, 2.45) is 0 Å². The minimum Gasteiger partial charge on any atom is -0.433 e. The Morgan fingerprint density at radius 2 is 1.95 bits per heavy atom. The van der Waals surface area contributed by atoms with E-state index < -0.39 is 67.0 Å². The number of nitrogens with zero attached hydrogens (tertiary/aromatic N) is 1. The number of benzene rings is 2. The Morgan fingerprint density at radius 1 is 1.23 bits per heavy atom. The molecule has 2 heterocycles. The number of hydrogen-bond donors (Lipinski definition) is 3. The number of ether oxygens (including phenoxy) is 2. The summed E-state index contributed by atoms with van der Waals surface area (Å²) in [6.07, 6.45) is -2.27. The van der Waals surface area contributed by atoms with E-state index in [1.807, 2.05) is 6.07 Å². The highest BCUT2D eigenvalue weighted by molar-refractivity contribution is 6.33. The fourth-order valence-corrected chi connectivity index (χ4v) is 4.56. The third kappa shape index (κ3) is 6.82. The molecule has 2 fully saturated rings. The van der Waals surface area contributed by atoms with E-state index in [9.17, 15) is 28.0 Å². The average Bonchev–Trinajstić information content (AvgIpc) is 3.42. The van der Waals surface area contributed by atoms with Crippen LogP contribution in [0.15, 0.2) is 48.5 Å². The zero-order chi connectivity index (χ0) is 28.3. The predicted octanol–water partition coefficient (Wildman–Crippen LogP) is 2.25. The Bertz CT molecular complexity index is 1260. The van der Waals surface area contributed by atoms with Gasteiger partial charge in [-0.3, -0.25) is 19.2 Å². The lowest BCUT2D eigenvalue weighted by atomic mass is 10.1. The lowest BCUT2D eigenvalue weighted by Gasteiger charge is -2.28. The van der Waals surface area contributed by atoms with Crippen molar-refractivity contribution in [3.63, 3.8) is 0 Å². The summed E-state index contributed by atoms with van der Waals surface area (Å²) < 4.78 is 39.6. The summed E-state index contributed by atoms with van der Waals surface area (Å²) >= 11 is 5.94. The number of cyclic esters (lactones) is 1. The number of amides is 3. The quantitative estimate of drug-likeness (QED) is 0.330. The SMILES string of the molecule is CC(NC(=O)c1ccc(N)c(Cl)c1)C(=O)N1CC(F)(F)C[C@H]1C(=O)NC1CC(=O)OC1OCc1ccccc1. The highest BCUT2D eigenvalue weighted by Gasteiger charge is 2.51. The summed E-state index contributed by atoms with van der Waals surface area (Å²) in [5, 5.41) is 5.10. The number of likely N-dealkylation sites (tertiary alicyclic amines) is 1. The maximum Gasteiger partial charge on any atom is 0.310 e. The zero-order valence-electron chi connectivity index (χ0n) is 20.9. The average molecular weight is 565 g/mol. The molecule has 0 bridgehead atoms. The summed E-state index contributed by atoms with van der Waals surface area (Å²) in [5.74, 6) is -6.40. The van der Waals surface area contributed by atoms with E-state index in [-0.39, 0.29) is 29.3 Å². The molecule has 208 valence electrons. The van der Waals surface area contributed by atoms with Crippen LogP contribution in [-0.2, 0) is 30.5 Å². The standard InChI is InChI=1S/C26H27ClF2N4O6/c1-14(31-22(35)16-7-8-18(30)17(27)9-16)24(37)33-13-26(28,29)11-20(33)23(36)32-19-10-21(34)39-25(19)38-12-15-5-3-2-4-6-15/h2-9,14,19-20,25H,10-13,30H2,1H3,(H,31,35)(H,32,36)/t14?,19?,20-,25?/m0/s1. The van der Waals surface area contributed by atoms with Crippen LogP contribution in [0.1, 0.15) is 35.7 Å². The molecule has 0 radical (unpaired) electrons. The number of rotatable bonds is 8. The Kier molecular flexibility index (Phi) is 8.36. The second kappa shape index (κ2) is 11.5. The van der Waals surface area contributed by atoms with Crippen molar-refractivity contribution in [2.45, 2.75) is 56.7 Å². The number of nitrogens with two attached hydrogens (primary N) is 1. The molecule has 0 spiro atoms. The Labute approximate surface area is 227 Å². The maximum atomic E-state index is 14.4. The van der Waals surface area contributed by atoms with Gasteiger partial charge in [0.25, 0.3) is 11.8 Å². The van der Waals surface area contributed by atoms with Crippen molar-refractivity contribution in [3.8, 4) is 0 Å². The van der Waals surface area contributed by atoms with Crippen LogP contribution in [0.4, 0.5) is 14.5 Å². The number of nitrogens with one attached hydrogen (secondary N) is 2. The largest absolute Gasteiger partial charge is 0.433 e. The molecule has 13 heteroatoms. The first-order valence-electron chi connectivity index (χ1n) is 12.1. The number of alkyl halides is 2. The Balaban J connectivity index is 1.41. The minimum atomic E-state index is -3.34. The van der Waals surface area contributed by atoms with Crippen LogP contribution >= 0.6 is 11.6 Å². The number of carbonyl (C=O) groups is 4. The molecule has 0 aliphatic carbocycles. The maximum absolute atomic E-state index is 14.4. The lowest BCUT2D eigenvalue weighted by Crippen LogP contribution is -2.54. The molecule has 3 unspecified atom stereocenters. The molecule has 2 aromatic rings. The first-order valence-corrected chi connectivity index (χ1v) is 12.5. The van der Waals surface area contributed by atoms with Crippen molar-refractivity contribution < 1.29 is 37.4 Å². The van der Waals surface area contributed by atoms with Crippen LogP contribution in [-0.4, -0.2) is 65.5 Å². The van der Waals surface area contributed by atoms with Gasteiger partial charge in [0.1, 0.15) is 18.1 Å². The van der Waals surface area contributed by atoms with Crippen LogP contribution in [0.25, 0.3) is 0 Å². The van der Waals surface area contributed by atoms with Gasteiger partial charge in [-0.25, -0.2) is 8.78 Å². The van der Waals surface area contributed by atoms with Gasteiger partial charge in [0.2, 0.25) is 18.1 Å². The number of carbonyl (C=O) groups excluding carboxylic acids is 4. The van der Waals surface area contributed by atoms with Gasteiger partial charge in [-0.05, 0) is 30.7 Å². The fourth-order valence-electron chi connectivity index (χ4n) is 4.38. The molecule has 2 saturated heterocycles. The van der Waals surface area contributed by atoms with Crippen molar-refractivity contribution in [1.29, 1.82) is 0 Å². The first-order chi connectivity index (χ1) is 18.4. The van der Waals surface area contributed by atoms with E-state index in [1.165, 1.54) is 25.1 Å². The molecular weight excluding hydrogens is 538 g/mol. The topological polar surface area (TPSA) is 140 Å². The molecule has 0 saturated carbocycles. The lowest BCUT2D eigenvalue weighted by molar-refractivity contribution is -0.168. The summed E-state index contributed by atoms with van der Waals surface area (Å²) in [4.78, 5) is 51.4. The van der Waals surface area contributed by atoms with Gasteiger partial charge in [0, 0.05) is 12.0 Å². The van der Waals surface area contributed by atoms with Gasteiger partial charge in [0.05, 0.1) is 30.3 Å². The normalized spacial score (nSPS) is 22.7. The third-order valence-corrected chi connectivity index (χ3v) is 6.71. The van der Waals surface area contributed by atoms with Crippen molar-refractivity contribution >= 4 is 41.0 Å². The van der Waals surface area contributed by atoms with Crippen LogP contribution in [0.3, 0.4) is 0 Å².